The van der Waals surface area contributed by atoms with E-state index >= 15 is 0 Å². The first-order valence-corrected chi connectivity index (χ1v) is 58.2. The van der Waals surface area contributed by atoms with Crippen molar-refractivity contribution in [1.29, 1.82) is 0 Å². The number of unbranched alkanes of at least 4 members (excludes halogenated alkanes) is 12. The minimum atomic E-state index is -0.787. The molecule has 0 saturated carbocycles. The van der Waals surface area contributed by atoms with Gasteiger partial charge in [0.05, 0.1) is 77.2 Å². The van der Waals surface area contributed by atoms with Crippen molar-refractivity contribution in [2.45, 2.75) is 222 Å². The Hall–Kier alpha value is -8.83. The maximum absolute atomic E-state index is 13.1. The fraction of sp³-hybridized carbons (Fsp3) is 0.750. The van der Waals surface area contributed by atoms with E-state index in [1.807, 2.05) is 34.6 Å². The predicted molar refractivity (Wildman–Crippen MR) is 588 cm³/mol. The summed E-state index contributed by atoms with van der Waals surface area (Å²) in [6, 6.07) is 6.43. The zero-order chi connectivity index (χ0) is 111. The number of rotatable bonds is 84. The second kappa shape index (κ2) is 107. The number of alkyl halides is 4. The van der Waals surface area contributed by atoms with Crippen LogP contribution < -0.4 is 63.8 Å². The number of thioether (sulfide) groups is 2. The number of hydrogen-bond donors (Lipinski definition) is 14. The molecule has 52 heteroatoms. The molecule has 0 aliphatic heterocycles. The molecule has 0 bridgehead atoms. The molecule has 1 aromatic rings. The number of nitrogens with zero attached hydrogens (tertiary/aromatic N) is 5. The maximum atomic E-state index is 13.1. The number of esters is 1. The number of benzene rings is 1. The molecule has 45 nitrogen and oxygen atoms in total. The number of non-ortho nitro benzene ring substituents is 1. The number of hydrogen-bond acceptors (Lipinski definition) is 30. The van der Waals surface area contributed by atoms with Crippen molar-refractivity contribution in [2.24, 2.45) is 0 Å². The average molecular weight is 2430 g/mol. The van der Waals surface area contributed by atoms with E-state index in [-0.39, 0.29) is 273 Å². The first-order chi connectivity index (χ1) is 71.2. The highest BCUT2D eigenvalue weighted by atomic mass is 79.9. The van der Waals surface area contributed by atoms with Crippen molar-refractivity contribution in [3.05, 3.63) is 39.9 Å². The first-order valence-electron chi connectivity index (χ1n) is 50.8. The largest absolute Gasteiger partial charge is 0.481 e. The number of ether oxygens (including phenoxy) is 7. The molecule has 0 heterocycles. The molecular weight excluding hydrogens is 2250 g/mol. The third kappa shape index (κ3) is 100. The number of halogens is 4. The van der Waals surface area contributed by atoms with Crippen LogP contribution in [0.15, 0.2) is 24.3 Å². The Balaban J connectivity index is -0.00000119. The van der Waals surface area contributed by atoms with Gasteiger partial charge in [-0.1, -0.05) is 148 Å². The number of carboxylic acids is 1. The minimum absolute atomic E-state index is 0.0183. The molecular formula is C96H169Br4N17O28S3. The minimum Gasteiger partial charge on any atom is -0.481 e. The molecule has 1 aromatic carbocycles. The molecule has 0 aliphatic carbocycles. The SMILES string of the molecule is CCCN(CCC)C(=O)OCCOCCOC(=O)N(CCNC(=O)CCCCCNC(=O)CSCC)CCNC(=O)CCCCCNC(=O)CSCC.CCOC(C)=O.Cc1ccc([N+](=O)[O-])cc1.O=C(CBr)NCCCCCC(=O)NCCN(CCNC(=O)CCCCCNC(=O)CBr)C(=O)OCCOCCOC(=O)N(CCNC(=O)CCCCCNC(=O)CBr)CCNC(=O)CCCCCNC(=O)CBr.O=C(O)CCS. The van der Waals surface area contributed by atoms with Crippen molar-refractivity contribution < 1.29 is 129 Å². The lowest BCUT2D eigenvalue weighted by molar-refractivity contribution is -0.384. The monoisotopic (exact) mass is 2420 g/mol. The van der Waals surface area contributed by atoms with Gasteiger partial charge in [-0.3, -0.25) is 77.2 Å². The van der Waals surface area contributed by atoms with Crippen LogP contribution in [0.1, 0.15) is 220 Å². The molecule has 0 atom stereocenters. The van der Waals surface area contributed by atoms with Crippen LogP contribution >= 0.6 is 99.9 Å². The van der Waals surface area contributed by atoms with Gasteiger partial charge >= 0.3 is 36.3 Å². The predicted octanol–water partition coefficient (Wildman–Crippen LogP) is 9.29. The smallest absolute Gasteiger partial charge is 0.409 e. The molecule has 0 saturated heterocycles. The quantitative estimate of drug-likeness (QED) is 0.00549. The second-order valence-corrected chi connectivity index (χ2v) is 37.6. The third-order valence-corrected chi connectivity index (χ3v) is 23.8. The zero-order valence-corrected chi connectivity index (χ0v) is 96.6. The summed E-state index contributed by atoms with van der Waals surface area (Å²) in [7, 11) is 0. The number of carbonyl (C=O) groups is 18. The average Bonchev–Trinajstić information content (AvgIpc) is 0.927. The standard InChI is InChI=1S/C46H80Br4N10O13.C36H68N6O9S2.C7H7NO2.C4H8O2.C3H6O2S/c47-33-41(65)51-17-9-1-5-13-37(61)55-21-25-59(26-22-56-38(62)14-6-2-10-18-52-42(66)34-48)45(69)72-31-29-71-30-32-73-46(70)60(27-23-57-39(63)15-7-3-11-19-53-43(67)35-49)28-24-58-40(64)16-8-4-12-20-54-44(68)36-50;1-5-21-41(22-6-2)35(47)50-27-25-49-26-28-51-36(48)42(23-19-39-31(43)15-11-9-13-17-37-33(45)29-52-7-3)24-20-40-32(44)16-12-10-14-18-38-34(46)30-53-8-4;1-6-2-4-7(5-3-6)8(9)10;1-3-6-4(2)5;4-3(5)1-2-6/h1-36H2,(H,51,65)(H,52,66)(H,53,67)(H,54,68)(H,55,61)(H,56,62)(H,57,63)(H,58,64);5-30H2,1-4H3,(H,37,45)(H,38,46)(H,39,43)(H,40,44);2-5H,1H3;3H2,1-2H3;6H,1-2H2,(H,4,5). The highest BCUT2D eigenvalue weighted by Gasteiger charge is 2.22. The highest BCUT2D eigenvalue weighted by Crippen LogP contribution is 2.13. The number of thiol groups is 1. The fourth-order valence-corrected chi connectivity index (χ4v) is 14.1. The number of carbonyl (C=O) groups excluding carboxylic acids is 17. The summed E-state index contributed by atoms with van der Waals surface area (Å²) in [5.74, 6) is 0.805. The van der Waals surface area contributed by atoms with E-state index in [0.717, 1.165) is 107 Å². The molecule has 852 valence electrons. The van der Waals surface area contributed by atoms with E-state index in [2.05, 4.69) is 145 Å². The number of aliphatic carboxylic acids is 1. The molecule has 0 unspecified atom stereocenters. The Morgan fingerprint density at radius 2 is 0.554 bits per heavy atom. The summed E-state index contributed by atoms with van der Waals surface area (Å²) in [4.78, 5) is 230. The number of amides is 16. The normalized spacial score (nSPS) is 10.3. The Morgan fingerprint density at radius 1 is 0.324 bits per heavy atom. The van der Waals surface area contributed by atoms with Crippen LogP contribution in [0.4, 0.5) is 24.9 Å². The highest BCUT2D eigenvalue weighted by molar-refractivity contribution is 9.10. The molecule has 148 heavy (non-hydrogen) atoms. The van der Waals surface area contributed by atoms with Crippen molar-refractivity contribution in [2.75, 3.05) is 240 Å². The molecule has 0 aromatic heterocycles. The lowest BCUT2D eigenvalue weighted by atomic mass is 10.2. The van der Waals surface area contributed by atoms with E-state index < -0.39 is 29.2 Å². The number of nitro benzene ring substituents is 1. The van der Waals surface area contributed by atoms with Crippen LogP contribution in [0, 0.1) is 17.0 Å². The van der Waals surface area contributed by atoms with Gasteiger partial charge in [0, 0.05) is 194 Å². The van der Waals surface area contributed by atoms with Gasteiger partial charge in [0.25, 0.3) is 5.69 Å². The summed E-state index contributed by atoms with van der Waals surface area (Å²) < 4.78 is 36.9. The summed E-state index contributed by atoms with van der Waals surface area (Å²) in [5, 5.41) is 52.6. The summed E-state index contributed by atoms with van der Waals surface area (Å²) >= 11 is 19.2. The van der Waals surface area contributed by atoms with Gasteiger partial charge in [-0.25, -0.2) is 19.2 Å². The molecule has 0 fully saturated rings. The van der Waals surface area contributed by atoms with Crippen LogP contribution in [0.2, 0.25) is 0 Å². The van der Waals surface area contributed by atoms with Crippen molar-refractivity contribution in [3.8, 4) is 0 Å². The lowest BCUT2D eigenvalue weighted by Gasteiger charge is -2.23. The number of nitrogens with one attached hydrogen (secondary N) is 12. The van der Waals surface area contributed by atoms with Crippen molar-refractivity contribution in [3.63, 3.8) is 0 Å². The van der Waals surface area contributed by atoms with Crippen LogP contribution in [-0.4, -0.2) is 377 Å². The van der Waals surface area contributed by atoms with Gasteiger partial charge in [-0.05, 0) is 115 Å². The Morgan fingerprint density at radius 3 is 0.736 bits per heavy atom. The van der Waals surface area contributed by atoms with Gasteiger partial charge in [0.2, 0.25) is 70.9 Å². The summed E-state index contributed by atoms with van der Waals surface area (Å²) in [5.41, 5.74) is 1.18. The third-order valence-electron chi connectivity index (χ3n) is 19.8. The Labute approximate surface area is 921 Å². The number of carboxylic acid groups (broad SMARTS) is 1. The van der Waals surface area contributed by atoms with Gasteiger partial charge in [-0.2, -0.15) is 36.2 Å². The molecule has 16 amide bonds. The second-order valence-electron chi connectivity index (χ2n) is 32.4. The van der Waals surface area contributed by atoms with Gasteiger partial charge in [0.15, 0.2) is 0 Å². The number of aryl methyl sites for hydroxylation is 1. The molecule has 13 N–H and O–H groups in total. The van der Waals surface area contributed by atoms with E-state index in [4.69, 9.17) is 33.5 Å². The number of nitro groups is 1. The molecule has 0 radical (unpaired) electrons. The van der Waals surface area contributed by atoms with Crippen LogP contribution in [-0.2, 0) is 100 Å². The first kappa shape index (κ1) is 145. The zero-order valence-electron chi connectivity index (χ0n) is 87.8. The Bertz CT molecular complexity index is 3510. The maximum Gasteiger partial charge on any atom is 0.409 e. The van der Waals surface area contributed by atoms with Gasteiger partial charge in [0.1, 0.15) is 26.4 Å². The van der Waals surface area contributed by atoms with E-state index in [0.29, 0.717) is 128 Å². The summed E-state index contributed by atoms with van der Waals surface area (Å²) in [6.07, 6.45) is 14.4. The van der Waals surface area contributed by atoms with Crippen molar-refractivity contribution in [1.82, 2.24) is 83.4 Å². The van der Waals surface area contributed by atoms with Gasteiger partial charge < -0.3 is 122 Å². The molecule has 1 rings (SSSR count). The van der Waals surface area contributed by atoms with Crippen LogP contribution in [0.5, 0.6) is 0 Å². The van der Waals surface area contributed by atoms with Crippen molar-refractivity contribution >= 4 is 213 Å². The van der Waals surface area contributed by atoms with Gasteiger partial charge in [-0.15, -0.1) is 0 Å². The topological polar surface area (TPSA) is 593 Å². The van der Waals surface area contributed by atoms with Crippen LogP contribution in [0.3, 0.4) is 0 Å². The van der Waals surface area contributed by atoms with E-state index in [1.165, 1.54) is 33.8 Å². The van der Waals surface area contributed by atoms with E-state index in [9.17, 15) is 96.4 Å². The molecule has 0 aliphatic rings. The lowest BCUT2D eigenvalue weighted by Crippen LogP contribution is -2.43. The van der Waals surface area contributed by atoms with Crippen LogP contribution in [0.25, 0.3) is 0 Å². The summed E-state index contributed by atoms with van der Waals surface area (Å²) in [6.45, 7) is 20.0. The molecule has 0 spiro atoms. The fourth-order valence-electron chi connectivity index (χ4n) is 12.1. The Kier molecular flexibility index (Phi) is 105. The van der Waals surface area contributed by atoms with E-state index in [1.54, 1.807) is 47.5 Å².